The standard InChI is InChI=1S/C26H28F3N5O2/c1-17-16-18(4-5-19(17)20-8-11-30-32(20)3)24(36)33-12-9-25(10-13-33)22-7-6-21(23(35)26(27,28)29)34(22)15-14-31(25)2/h4-8,11,16H,9-10,12-15H2,1-3H3. The number of Topliss-reactive ketones (excluding diaryl/α,β-unsaturated/α-hetero) is 1. The summed E-state index contributed by atoms with van der Waals surface area (Å²) in [5.41, 5.74) is 3.45. The predicted octanol–water partition coefficient (Wildman–Crippen LogP) is 4.02. The minimum Gasteiger partial charge on any atom is -0.339 e. The SMILES string of the molecule is Cc1cc(C(=O)N2CCC3(CC2)c2ccc(C(=O)C(F)(F)F)n2CCN3C)ccc1-c1ccnn1C. The third-order valence-electron chi connectivity index (χ3n) is 7.79. The van der Waals surface area contributed by atoms with Crippen molar-refractivity contribution >= 4 is 11.7 Å². The average molecular weight is 500 g/mol. The van der Waals surface area contributed by atoms with E-state index in [1.165, 1.54) is 10.6 Å². The molecular weight excluding hydrogens is 471 g/mol. The molecule has 7 nitrogen and oxygen atoms in total. The molecule has 190 valence electrons. The number of rotatable bonds is 3. The molecule has 2 aliphatic heterocycles. The number of hydrogen-bond donors (Lipinski definition) is 0. The van der Waals surface area contributed by atoms with Crippen molar-refractivity contribution in [2.45, 2.75) is 38.0 Å². The van der Waals surface area contributed by atoms with E-state index in [9.17, 15) is 22.8 Å². The summed E-state index contributed by atoms with van der Waals surface area (Å²) in [5.74, 6) is -1.88. The Hall–Kier alpha value is -3.40. The first kappa shape index (κ1) is 24.3. The molecule has 10 heteroatoms. The molecule has 4 heterocycles. The number of carbonyl (C=O) groups is 2. The molecule has 2 aromatic heterocycles. The van der Waals surface area contributed by atoms with Crippen LogP contribution in [0.5, 0.6) is 0 Å². The Morgan fingerprint density at radius 3 is 2.31 bits per heavy atom. The lowest BCUT2D eigenvalue weighted by Gasteiger charge is -2.50. The van der Waals surface area contributed by atoms with Crippen LogP contribution in [0.2, 0.25) is 0 Å². The molecule has 0 radical (unpaired) electrons. The van der Waals surface area contributed by atoms with Crippen LogP contribution in [0, 0.1) is 6.92 Å². The normalized spacial score (nSPS) is 17.9. The van der Waals surface area contributed by atoms with Crippen molar-refractivity contribution < 1.29 is 22.8 Å². The number of aryl methyl sites for hydroxylation is 2. The van der Waals surface area contributed by atoms with E-state index in [1.54, 1.807) is 21.8 Å². The number of halogens is 3. The summed E-state index contributed by atoms with van der Waals surface area (Å²) >= 11 is 0. The smallest absolute Gasteiger partial charge is 0.339 e. The average Bonchev–Trinajstić information content (AvgIpc) is 3.47. The lowest BCUT2D eigenvalue weighted by atomic mass is 9.81. The highest BCUT2D eigenvalue weighted by molar-refractivity contribution is 5.99. The second-order valence-corrected chi connectivity index (χ2v) is 9.70. The first-order valence-corrected chi connectivity index (χ1v) is 11.9. The molecule has 1 aromatic carbocycles. The number of carbonyl (C=O) groups excluding carboxylic acids is 2. The van der Waals surface area contributed by atoms with Crippen LogP contribution < -0.4 is 0 Å². The van der Waals surface area contributed by atoms with Crippen molar-refractivity contribution in [3.05, 3.63) is 65.1 Å². The fourth-order valence-corrected chi connectivity index (χ4v) is 5.74. The van der Waals surface area contributed by atoms with Gasteiger partial charge in [-0.3, -0.25) is 19.2 Å². The monoisotopic (exact) mass is 499 g/mol. The van der Waals surface area contributed by atoms with Gasteiger partial charge in [-0.15, -0.1) is 0 Å². The minimum atomic E-state index is -4.91. The van der Waals surface area contributed by atoms with Gasteiger partial charge in [0, 0.05) is 56.2 Å². The van der Waals surface area contributed by atoms with Crippen LogP contribution in [0.1, 0.15) is 44.9 Å². The molecule has 0 unspecified atom stereocenters. The number of hydrogen-bond acceptors (Lipinski definition) is 4. The van der Waals surface area contributed by atoms with Gasteiger partial charge in [0.2, 0.25) is 0 Å². The Morgan fingerprint density at radius 2 is 1.69 bits per heavy atom. The zero-order valence-electron chi connectivity index (χ0n) is 20.5. The van der Waals surface area contributed by atoms with Crippen LogP contribution in [0.25, 0.3) is 11.3 Å². The van der Waals surface area contributed by atoms with Gasteiger partial charge in [-0.25, -0.2) is 0 Å². The number of ketones is 1. The third-order valence-corrected chi connectivity index (χ3v) is 7.79. The van der Waals surface area contributed by atoms with Crippen LogP contribution in [0.15, 0.2) is 42.6 Å². The first-order chi connectivity index (χ1) is 17.0. The predicted molar refractivity (Wildman–Crippen MR) is 128 cm³/mol. The van der Waals surface area contributed by atoms with E-state index in [4.69, 9.17) is 0 Å². The van der Waals surface area contributed by atoms with Crippen molar-refractivity contribution in [2.75, 3.05) is 26.7 Å². The van der Waals surface area contributed by atoms with Gasteiger partial charge in [0.05, 0.1) is 16.9 Å². The summed E-state index contributed by atoms with van der Waals surface area (Å²) in [5, 5.41) is 4.21. The van der Waals surface area contributed by atoms with Crippen molar-refractivity contribution in [2.24, 2.45) is 7.05 Å². The van der Waals surface area contributed by atoms with E-state index in [2.05, 4.69) is 10.00 Å². The number of benzene rings is 1. The van der Waals surface area contributed by atoms with Gasteiger partial charge >= 0.3 is 6.18 Å². The number of likely N-dealkylation sites (tertiary alicyclic amines) is 1. The zero-order chi connectivity index (χ0) is 25.8. The number of fused-ring (bicyclic) bond motifs is 2. The third kappa shape index (κ3) is 3.84. The quantitative estimate of drug-likeness (QED) is 0.511. The summed E-state index contributed by atoms with van der Waals surface area (Å²) in [4.78, 5) is 29.3. The summed E-state index contributed by atoms with van der Waals surface area (Å²) in [7, 11) is 3.83. The van der Waals surface area contributed by atoms with E-state index in [0.717, 1.165) is 16.8 Å². The van der Waals surface area contributed by atoms with Gasteiger partial charge in [-0.05, 0) is 62.7 Å². The van der Waals surface area contributed by atoms with Gasteiger partial charge in [0.15, 0.2) is 0 Å². The summed E-state index contributed by atoms with van der Waals surface area (Å²) < 4.78 is 42.7. The maximum atomic E-state index is 13.3. The van der Waals surface area contributed by atoms with Gasteiger partial charge in [0.1, 0.15) is 0 Å². The second-order valence-electron chi connectivity index (χ2n) is 9.70. The van der Waals surface area contributed by atoms with Crippen LogP contribution in [-0.4, -0.2) is 68.7 Å². The lowest BCUT2D eigenvalue weighted by molar-refractivity contribution is -0.0892. The molecule has 0 atom stereocenters. The fraction of sp³-hybridized carbons (Fsp3) is 0.423. The van der Waals surface area contributed by atoms with Crippen molar-refractivity contribution in [3.8, 4) is 11.3 Å². The Morgan fingerprint density at radius 1 is 0.972 bits per heavy atom. The van der Waals surface area contributed by atoms with Crippen molar-refractivity contribution in [1.82, 2.24) is 24.1 Å². The summed E-state index contributed by atoms with van der Waals surface area (Å²) in [6.07, 6.45) is -2.03. The van der Waals surface area contributed by atoms with E-state index in [-0.39, 0.29) is 11.6 Å². The van der Waals surface area contributed by atoms with Crippen LogP contribution in [0.4, 0.5) is 13.2 Å². The number of alkyl halides is 3. The van der Waals surface area contributed by atoms with Crippen molar-refractivity contribution in [3.63, 3.8) is 0 Å². The molecule has 1 amide bonds. The molecule has 1 saturated heterocycles. The fourth-order valence-electron chi connectivity index (χ4n) is 5.74. The van der Waals surface area contributed by atoms with Gasteiger partial charge < -0.3 is 9.47 Å². The molecule has 36 heavy (non-hydrogen) atoms. The topological polar surface area (TPSA) is 63.4 Å². The molecule has 1 spiro atoms. The Bertz CT molecular complexity index is 1330. The van der Waals surface area contributed by atoms with E-state index < -0.39 is 17.5 Å². The number of aromatic nitrogens is 3. The van der Waals surface area contributed by atoms with Gasteiger partial charge in [-0.2, -0.15) is 18.3 Å². The summed E-state index contributed by atoms with van der Waals surface area (Å²) in [6.45, 7) is 3.76. The second kappa shape index (κ2) is 8.62. The Labute approximate surface area is 207 Å². The maximum Gasteiger partial charge on any atom is 0.456 e. The highest BCUT2D eigenvalue weighted by atomic mass is 19.4. The van der Waals surface area contributed by atoms with Crippen LogP contribution >= 0.6 is 0 Å². The molecule has 1 fully saturated rings. The Kier molecular flexibility index (Phi) is 5.82. The number of likely N-dealkylation sites (N-methyl/N-ethyl adjacent to an activating group) is 1. The molecule has 0 aliphatic carbocycles. The molecule has 0 N–H and O–H groups in total. The number of piperidine rings is 1. The summed E-state index contributed by atoms with van der Waals surface area (Å²) in [6, 6.07) is 10.5. The molecule has 0 bridgehead atoms. The van der Waals surface area contributed by atoms with Gasteiger partial charge in [-0.1, -0.05) is 6.07 Å². The van der Waals surface area contributed by atoms with Crippen LogP contribution in [0.3, 0.4) is 0 Å². The molecular formula is C26H28F3N5O2. The van der Waals surface area contributed by atoms with E-state index in [0.29, 0.717) is 50.3 Å². The minimum absolute atomic E-state index is 0.0636. The number of nitrogens with zero attached hydrogens (tertiary/aromatic N) is 5. The lowest BCUT2D eigenvalue weighted by Crippen LogP contribution is -2.56. The van der Waals surface area contributed by atoms with E-state index >= 15 is 0 Å². The van der Waals surface area contributed by atoms with E-state index in [1.807, 2.05) is 45.3 Å². The van der Waals surface area contributed by atoms with Gasteiger partial charge in [0.25, 0.3) is 11.7 Å². The first-order valence-electron chi connectivity index (χ1n) is 11.9. The highest BCUT2D eigenvalue weighted by Crippen LogP contribution is 2.42. The number of amides is 1. The molecule has 5 rings (SSSR count). The van der Waals surface area contributed by atoms with Crippen molar-refractivity contribution in [1.29, 1.82) is 0 Å². The molecule has 3 aromatic rings. The maximum absolute atomic E-state index is 13.3. The van der Waals surface area contributed by atoms with Crippen LogP contribution in [-0.2, 0) is 19.1 Å². The zero-order valence-corrected chi connectivity index (χ0v) is 20.5. The molecule has 0 saturated carbocycles. The highest BCUT2D eigenvalue weighted by Gasteiger charge is 2.47. The molecule has 2 aliphatic rings. The Balaban J connectivity index is 1.36. The largest absolute Gasteiger partial charge is 0.456 e.